The molecule has 0 saturated carbocycles. The summed E-state index contributed by atoms with van der Waals surface area (Å²) in [6.45, 7) is 16.0. The van der Waals surface area contributed by atoms with Crippen LogP contribution in [0.5, 0.6) is 0 Å². The zero-order valence-electron chi connectivity index (χ0n) is 35.5. The van der Waals surface area contributed by atoms with Gasteiger partial charge in [0, 0.05) is 91.3 Å². The number of piperidine rings is 2. The van der Waals surface area contributed by atoms with Crippen LogP contribution < -0.4 is 0 Å². The number of aromatic nitrogens is 1. The molecule has 0 aliphatic carbocycles. The normalized spacial score (nSPS) is 16.4. The molecule has 1 unspecified atom stereocenters. The van der Waals surface area contributed by atoms with Crippen molar-refractivity contribution in [3.05, 3.63) is 47.5 Å². The van der Waals surface area contributed by atoms with E-state index >= 15 is 0 Å². The summed E-state index contributed by atoms with van der Waals surface area (Å²) in [7, 11) is 0. The van der Waals surface area contributed by atoms with Crippen molar-refractivity contribution in [2.24, 2.45) is 39.9 Å². The van der Waals surface area contributed by atoms with Crippen molar-refractivity contribution in [3.8, 4) is 12.1 Å². The van der Waals surface area contributed by atoms with Gasteiger partial charge < -0.3 is 14.4 Å². The smallest absolute Gasteiger partial charge is 0.340 e. The van der Waals surface area contributed by atoms with Crippen LogP contribution >= 0.6 is 0 Å². The van der Waals surface area contributed by atoms with E-state index in [1.165, 1.54) is 0 Å². The lowest BCUT2D eigenvalue weighted by molar-refractivity contribution is 0.0833. The zero-order valence-corrected chi connectivity index (χ0v) is 35.5. The van der Waals surface area contributed by atoms with E-state index in [1.54, 1.807) is 34.1 Å². The van der Waals surface area contributed by atoms with Crippen molar-refractivity contribution in [1.29, 1.82) is 10.5 Å². The highest BCUT2D eigenvalue weighted by Crippen LogP contribution is 2.33. The Kier molecular flexibility index (Phi) is 15.8. The highest BCUT2D eigenvalue weighted by Gasteiger charge is 2.28. The maximum absolute atomic E-state index is 14.1. The molecule has 2 aliphatic heterocycles. The summed E-state index contributed by atoms with van der Waals surface area (Å²) in [6.07, 6.45) is 4.17. The molecule has 2 saturated heterocycles. The first kappa shape index (κ1) is 44.5. The highest BCUT2D eigenvalue weighted by molar-refractivity contribution is 6.47. The van der Waals surface area contributed by atoms with Gasteiger partial charge in [0.25, 0.3) is 0 Å². The molecule has 13 nitrogen and oxygen atoms in total. The van der Waals surface area contributed by atoms with E-state index < -0.39 is 23.8 Å². The molecule has 0 N–H and O–H groups in total. The Bertz CT molecular complexity index is 2000. The second kappa shape index (κ2) is 20.9. The average molecular weight is 806 g/mol. The number of Topliss-reactive ketones (excluding diaryl/α,β-unsaturated/α-hetero) is 2. The Labute approximate surface area is 347 Å². The van der Waals surface area contributed by atoms with Crippen molar-refractivity contribution in [3.63, 3.8) is 0 Å². The third-order valence-electron chi connectivity index (χ3n) is 12.4. The molecule has 314 valence electrons. The fraction of sp³-hybridized carbons (Fsp3) is 0.565. The molecule has 3 aromatic rings. The number of hydrogen-bond acceptors (Lipinski definition) is 10. The molecule has 3 heterocycles. The summed E-state index contributed by atoms with van der Waals surface area (Å²) in [4.78, 5) is 67.9. The number of carbonyl (C=O) groups is 4. The summed E-state index contributed by atoms with van der Waals surface area (Å²) in [6, 6.07) is 14.8. The second-order valence-electron chi connectivity index (χ2n) is 16.8. The highest BCUT2D eigenvalue weighted by atomic mass is 16.7. The van der Waals surface area contributed by atoms with Crippen LogP contribution in [0.15, 0.2) is 46.7 Å². The van der Waals surface area contributed by atoms with Crippen molar-refractivity contribution < 1.29 is 28.9 Å². The quantitative estimate of drug-likeness (QED) is 0.0596. The molecule has 2 amide bonds. The Hall–Kier alpha value is -5.56. The van der Waals surface area contributed by atoms with E-state index in [0.29, 0.717) is 73.4 Å². The van der Waals surface area contributed by atoms with E-state index in [0.717, 1.165) is 60.3 Å². The van der Waals surface area contributed by atoms with Gasteiger partial charge in [-0.1, -0.05) is 58.3 Å². The minimum Gasteiger partial charge on any atom is -0.340 e. The summed E-state index contributed by atoms with van der Waals surface area (Å²) in [5.74, 6) is 1.65. The number of benzene rings is 2. The fourth-order valence-electron chi connectivity index (χ4n) is 8.07. The lowest BCUT2D eigenvalue weighted by atomic mass is 9.87. The zero-order chi connectivity index (χ0) is 42.6. The number of aryl methyl sites for hydroxylation is 1. The molecule has 1 aromatic heterocycles. The molecule has 2 fully saturated rings. The van der Waals surface area contributed by atoms with Gasteiger partial charge in [0.1, 0.15) is 11.4 Å². The van der Waals surface area contributed by atoms with Crippen molar-refractivity contribution in [1.82, 2.24) is 14.4 Å². The van der Waals surface area contributed by atoms with Crippen LogP contribution in [0, 0.1) is 52.3 Å². The van der Waals surface area contributed by atoms with Gasteiger partial charge in [-0.2, -0.15) is 10.5 Å². The lowest BCUT2D eigenvalue weighted by Gasteiger charge is -2.32. The minimum atomic E-state index is -0.620. The topological polar surface area (TPSA) is 170 Å². The van der Waals surface area contributed by atoms with Crippen molar-refractivity contribution in [2.45, 2.75) is 112 Å². The molecular weight excluding hydrogens is 747 g/mol. The second-order valence-corrected chi connectivity index (χ2v) is 16.8. The molecule has 0 radical (unpaired) electrons. The predicted molar refractivity (Wildman–Crippen MR) is 228 cm³/mol. The Morgan fingerprint density at radius 3 is 1.46 bits per heavy atom. The van der Waals surface area contributed by atoms with Crippen LogP contribution in [-0.2, 0) is 16.2 Å². The Morgan fingerprint density at radius 2 is 1.10 bits per heavy atom. The number of nitriles is 2. The lowest BCUT2D eigenvalue weighted by Crippen LogP contribution is -2.39. The minimum absolute atomic E-state index is 0.00298. The molecule has 13 heteroatoms. The molecule has 59 heavy (non-hydrogen) atoms. The van der Waals surface area contributed by atoms with Gasteiger partial charge in [0.15, 0.2) is 0 Å². The van der Waals surface area contributed by atoms with Gasteiger partial charge in [0.05, 0.1) is 12.1 Å². The summed E-state index contributed by atoms with van der Waals surface area (Å²) >= 11 is 0. The first-order valence-electron chi connectivity index (χ1n) is 21.3. The number of likely N-dealkylation sites (tertiary alicyclic amines) is 2. The van der Waals surface area contributed by atoms with Gasteiger partial charge >= 0.3 is 12.2 Å². The number of nitrogens with zero attached hydrogens (tertiary/aromatic N) is 7. The number of hydrogen-bond donors (Lipinski definition) is 0. The summed E-state index contributed by atoms with van der Waals surface area (Å²) in [5.41, 5.74) is 2.24. The number of amides is 2. The third kappa shape index (κ3) is 11.1. The van der Waals surface area contributed by atoms with Crippen LogP contribution in [0.4, 0.5) is 9.59 Å². The average Bonchev–Trinajstić information content (AvgIpc) is 3.56. The standard InChI is InChI=1S/C46H59N7O6/c1-7-32(6)16-27-53-41-14-12-35(43(54)39(10-8-21-47)49-58-45(56)51-23-17-33(18-24-51)30(2)3)28-37(41)38-29-36(13-15-42(38)53)44(55)40(11-9-22-48)50-59-46(57)52-25-19-34(20-26-52)31(4)5/h12-15,28-34H,7-11,16-20,23-27H2,1-6H3/b49-39+,50-40+. The van der Waals surface area contributed by atoms with Crippen molar-refractivity contribution in [2.75, 3.05) is 26.2 Å². The van der Waals surface area contributed by atoms with Crippen LogP contribution in [0.2, 0.25) is 0 Å². The van der Waals surface area contributed by atoms with Gasteiger partial charge in [0.2, 0.25) is 11.6 Å². The van der Waals surface area contributed by atoms with Crippen molar-refractivity contribution >= 4 is 57.0 Å². The van der Waals surface area contributed by atoms with Gasteiger partial charge in [-0.25, -0.2) is 9.59 Å². The van der Waals surface area contributed by atoms with Crippen LogP contribution in [0.1, 0.15) is 126 Å². The molecule has 0 bridgehead atoms. The molecule has 2 aliphatic rings. The number of fused-ring (bicyclic) bond motifs is 3. The SMILES string of the molecule is CCC(C)CCn1c2ccc(C(=O)/C(CCC#N)=N/OC(=O)N3CCC(C(C)C)CC3)cc2c2cc(C(=O)/C(CCC#N)=N/OC(=O)N3CCC(C(C)C)CC3)ccc21. The maximum atomic E-state index is 14.1. The molecule has 5 rings (SSSR count). The van der Waals surface area contributed by atoms with E-state index in [1.807, 2.05) is 12.1 Å². The predicted octanol–water partition coefficient (Wildman–Crippen LogP) is 9.92. The summed E-state index contributed by atoms with van der Waals surface area (Å²) < 4.78 is 2.18. The van der Waals surface area contributed by atoms with Crippen LogP contribution in [0.3, 0.4) is 0 Å². The maximum Gasteiger partial charge on any atom is 0.435 e. The number of rotatable bonds is 16. The fourth-order valence-corrected chi connectivity index (χ4v) is 8.07. The Balaban J connectivity index is 1.46. The Morgan fingerprint density at radius 1 is 0.695 bits per heavy atom. The monoisotopic (exact) mass is 805 g/mol. The third-order valence-corrected chi connectivity index (χ3v) is 12.4. The van der Waals surface area contributed by atoms with Crippen LogP contribution in [-0.4, -0.2) is 75.7 Å². The molecule has 1 atom stereocenters. The largest absolute Gasteiger partial charge is 0.435 e. The van der Waals surface area contributed by atoms with E-state index in [9.17, 15) is 29.7 Å². The van der Waals surface area contributed by atoms with Gasteiger partial charge in [-0.15, -0.1) is 0 Å². The van der Waals surface area contributed by atoms with Gasteiger partial charge in [-0.05, 0) is 98.1 Å². The van der Waals surface area contributed by atoms with E-state index in [2.05, 4.69) is 68.6 Å². The molecule has 0 spiro atoms. The number of ketones is 2. The summed E-state index contributed by atoms with van der Waals surface area (Å²) in [5, 5.41) is 28.2. The van der Waals surface area contributed by atoms with E-state index in [-0.39, 0.29) is 37.1 Å². The number of oxime groups is 2. The van der Waals surface area contributed by atoms with E-state index in [4.69, 9.17) is 9.68 Å². The first-order chi connectivity index (χ1) is 28.4. The first-order valence-corrected chi connectivity index (χ1v) is 21.3. The number of carbonyl (C=O) groups excluding carboxylic acids is 4. The molecular formula is C46H59N7O6. The molecule has 2 aromatic carbocycles. The van der Waals surface area contributed by atoms with Gasteiger partial charge in [-0.3, -0.25) is 19.3 Å². The van der Waals surface area contributed by atoms with Crippen LogP contribution in [0.25, 0.3) is 21.8 Å².